The van der Waals surface area contributed by atoms with Gasteiger partial charge in [0.1, 0.15) is 11.5 Å². The van der Waals surface area contributed by atoms with Gasteiger partial charge in [0.15, 0.2) is 5.69 Å². The number of nitrogens with one attached hydrogen (secondary N) is 1. The minimum Gasteiger partial charge on any atom is -0.440 e. The summed E-state index contributed by atoms with van der Waals surface area (Å²) in [4.78, 5) is 20.3. The van der Waals surface area contributed by atoms with Crippen molar-refractivity contribution in [2.24, 2.45) is 5.92 Å². The summed E-state index contributed by atoms with van der Waals surface area (Å²) in [5, 5.41) is 8.77. The Balaban J connectivity index is 1.32. The average molecular weight is 401 g/mol. The molecule has 1 N–H and O–H groups in total. The summed E-state index contributed by atoms with van der Waals surface area (Å²) in [6, 6.07) is 5.68. The maximum atomic E-state index is 12.2. The maximum Gasteiger partial charge on any atom is 0.273 e. The molecule has 0 saturated carbocycles. The van der Waals surface area contributed by atoms with Crippen LogP contribution in [0.4, 0.5) is 0 Å². The Hall–Kier alpha value is -2.45. The van der Waals surface area contributed by atoms with Crippen LogP contribution in [0.25, 0.3) is 10.8 Å². The number of amides is 1. The van der Waals surface area contributed by atoms with Gasteiger partial charge in [-0.2, -0.15) is 0 Å². The normalized spacial score (nSPS) is 17.7. The van der Waals surface area contributed by atoms with E-state index in [1.165, 1.54) is 0 Å². The van der Waals surface area contributed by atoms with Gasteiger partial charge in [-0.25, -0.2) is 4.98 Å². The van der Waals surface area contributed by atoms with Crippen molar-refractivity contribution in [1.29, 1.82) is 0 Å². The molecule has 1 aliphatic heterocycles. The van der Waals surface area contributed by atoms with Gasteiger partial charge in [-0.1, -0.05) is 11.2 Å². The monoisotopic (exact) mass is 400 g/mol. The number of carbonyl (C=O) groups excluding carboxylic acids is 1. The molecule has 3 aromatic heterocycles. The Labute approximate surface area is 167 Å². The standard InChI is InChI=1S/C20H24N4O3S/c1-13-9-16(23-27-13)19(25)21-10-15-5-3-7-24(11-15)12-17-14(2)26-20(22-17)18-6-4-8-28-18/h4,6,8-9,15H,3,5,7,10-12H2,1-2H3,(H,21,25)/t15-/m0/s1. The van der Waals surface area contributed by atoms with E-state index in [1.807, 2.05) is 24.4 Å². The van der Waals surface area contributed by atoms with Crippen LogP contribution in [-0.2, 0) is 6.54 Å². The van der Waals surface area contributed by atoms with Crippen molar-refractivity contribution in [3.8, 4) is 10.8 Å². The summed E-state index contributed by atoms with van der Waals surface area (Å²) >= 11 is 1.63. The summed E-state index contributed by atoms with van der Waals surface area (Å²) in [7, 11) is 0. The Morgan fingerprint density at radius 1 is 1.43 bits per heavy atom. The van der Waals surface area contributed by atoms with E-state index < -0.39 is 0 Å². The quantitative estimate of drug-likeness (QED) is 0.680. The third-order valence-corrected chi connectivity index (χ3v) is 5.87. The minimum atomic E-state index is -0.179. The van der Waals surface area contributed by atoms with Gasteiger partial charge < -0.3 is 14.3 Å². The molecule has 0 spiro atoms. The Morgan fingerprint density at radius 2 is 2.32 bits per heavy atom. The summed E-state index contributed by atoms with van der Waals surface area (Å²) < 4.78 is 10.8. The summed E-state index contributed by atoms with van der Waals surface area (Å²) in [5.41, 5.74) is 1.33. The molecule has 1 fully saturated rings. The molecule has 148 valence electrons. The third kappa shape index (κ3) is 4.34. The largest absolute Gasteiger partial charge is 0.440 e. The van der Waals surface area contributed by atoms with Crippen molar-refractivity contribution in [1.82, 2.24) is 20.4 Å². The van der Waals surface area contributed by atoms with E-state index in [4.69, 9.17) is 13.9 Å². The Kier molecular flexibility index (Phi) is 5.59. The van der Waals surface area contributed by atoms with E-state index in [1.54, 1.807) is 24.3 Å². The predicted octanol–water partition coefficient (Wildman–Crippen LogP) is 3.65. The molecule has 3 aromatic rings. The molecule has 0 aliphatic carbocycles. The maximum absolute atomic E-state index is 12.2. The van der Waals surface area contributed by atoms with Gasteiger partial charge >= 0.3 is 0 Å². The number of piperidine rings is 1. The number of hydrogen-bond donors (Lipinski definition) is 1. The second kappa shape index (κ2) is 8.28. The third-order valence-electron chi connectivity index (χ3n) is 5.01. The smallest absolute Gasteiger partial charge is 0.273 e. The number of thiophene rings is 1. The van der Waals surface area contributed by atoms with Crippen LogP contribution in [0, 0.1) is 19.8 Å². The number of aryl methyl sites for hydroxylation is 2. The number of hydrogen-bond acceptors (Lipinski definition) is 7. The van der Waals surface area contributed by atoms with Gasteiger partial charge in [0.2, 0.25) is 5.89 Å². The van der Waals surface area contributed by atoms with E-state index in [0.29, 0.717) is 29.8 Å². The molecule has 0 bridgehead atoms. The molecule has 0 radical (unpaired) electrons. The average Bonchev–Trinajstić information content (AvgIpc) is 3.42. The van der Waals surface area contributed by atoms with Crippen molar-refractivity contribution in [2.75, 3.05) is 19.6 Å². The van der Waals surface area contributed by atoms with Crippen LogP contribution < -0.4 is 5.32 Å². The topological polar surface area (TPSA) is 84.4 Å². The first-order valence-electron chi connectivity index (χ1n) is 9.52. The fourth-order valence-electron chi connectivity index (χ4n) is 3.55. The van der Waals surface area contributed by atoms with Crippen LogP contribution in [-0.4, -0.2) is 40.6 Å². The van der Waals surface area contributed by atoms with E-state index in [2.05, 4.69) is 15.4 Å². The second-order valence-corrected chi connectivity index (χ2v) is 8.22. The molecular formula is C20H24N4O3S. The predicted molar refractivity (Wildman–Crippen MR) is 106 cm³/mol. The number of carbonyl (C=O) groups is 1. The van der Waals surface area contributed by atoms with E-state index in [-0.39, 0.29) is 5.91 Å². The molecule has 4 heterocycles. The zero-order chi connectivity index (χ0) is 19.5. The van der Waals surface area contributed by atoms with Crippen molar-refractivity contribution >= 4 is 17.2 Å². The van der Waals surface area contributed by atoms with Gasteiger partial charge in [0.25, 0.3) is 5.91 Å². The van der Waals surface area contributed by atoms with E-state index in [9.17, 15) is 4.79 Å². The Bertz CT molecular complexity index is 931. The van der Waals surface area contributed by atoms with E-state index in [0.717, 1.165) is 48.8 Å². The van der Waals surface area contributed by atoms with Gasteiger partial charge in [-0.15, -0.1) is 11.3 Å². The molecule has 0 unspecified atom stereocenters. The lowest BCUT2D eigenvalue weighted by Crippen LogP contribution is -2.40. The first-order chi connectivity index (χ1) is 13.6. The van der Waals surface area contributed by atoms with Gasteiger partial charge in [-0.3, -0.25) is 9.69 Å². The molecule has 8 heteroatoms. The fraction of sp³-hybridized carbons (Fsp3) is 0.450. The molecule has 1 amide bonds. The highest BCUT2D eigenvalue weighted by atomic mass is 32.1. The summed E-state index contributed by atoms with van der Waals surface area (Å²) in [6.45, 7) is 7.12. The van der Waals surface area contributed by atoms with Crippen LogP contribution >= 0.6 is 11.3 Å². The van der Waals surface area contributed by atoms with Crippen molar-refractivity contribution in [2.45, 2.75) is 33.2 Å². The van der Waals surface area contributed by atoms with Crippen LogP contribution in [0.1, 0.15) is 40.5 Å². The lowest BCUT2D eigenvalue weighted by atomic mass is 9.97. The van der Waals surface area contributed by atoms with Crippen LogP contribution in [0.15, 0.2) is 32.5 Å². The molecule has 0 aromatic carbocycles. The SMILES string of the molecule is Cc1cc(C(=O)NC[C@@H]2CCCN(Cc3nc(-c4cccs4)oc3C)C2)no1. The molecule has 1 aliphatic rings. The van der Waals surface area contributed by atoms with Gasteiger partial charge in [0, 0.05) is 25.7 Å². The molecule has 28 heavy (non-hydrogen) atoms. The number of likely N-dealkylation sites (tertiary alicyclic amines) is 1. The summed E-state index contributed by atoms with van der Waals surface area (Å²) in [5.74, 6) is 2.45. The number of oxazole rings is 1. The second-order valence-electron chi connectivity index (χ2n) is 7.28. The number of nitrogens with zero attached hydrogens (tertiary/aromatic N) is 3. The van der Waals surface area contributed by atoms with Gasteiger partial charge in [-0.05, 0) is 50.6 Å². The number of aromatic nitrogens is 2. The first-order valence-corrected chi connectivity index (χ1v) is 10.4. The van der Waals surface area contributed by atoms with Crippen molar-refractivity contribution in [3.05, 3.63) is 46.5 Å². The fourth-order valence-corrected chi connectivity index (χ4v) is 4.20. The highest BCUT2D eigenvalue weighted by Gasteiger charge is 2.23. The van der Waals surface area contributed by atoms with Crippen LogP contribution in [0.5, 0.6) is 0 Å². The lowest BCUT2D eigenvalue weighted by molar-refractivity contribution is 0.0921. The lowest BCUT2D eigenvalue weighted by Gasteiger charge is -2.32. The molecule has 4 rings (SSSR count). The summed E-state index contributed by atoms with van der Waals surface area (Å²) in [6.07, 6.45) is 2.21. The Morgan fingerprint density at radius 3 is 3.07 bits per heavy atom. The molecular weight excluding hydrogens is 376 g/mol. The van der Waals surface area contributed by atoms with Gasteiger partial charge in [0.05, 0.1) is 10.6 Å². The minimum absolute atomic E-state index is 0.179. The van der Waals surface area contributed by atoms with Crippen molar-refractivity contribution in [3.63, 3.8) is 0 Å². The van der Waals surface area contributed by atoms with Crippen LogP contribution in [0.3, 0.4) is 0 Å². The molecule has 1 saturated heterocycles. The van der Waals surface area contributed by atoms with E-state index >= 15 is 0 Å². The number of rotatable bonds is 6. The zero-order valence-electron chi connectivity index (χ0n) is 16.1. The highest BCUT2D eigenvalue weighted by Crippen LogP contribution is 2.27. The molecule has 7 nitrogen and oxygen atoms in total. The highest BCUT2D eigenvalue weighted by molar-refractivity contribution is 7.13. The van der Waals surface area contributed by atoms with Crippen molar-refractivity contribution < 1.29 is 13.7 Å². The molecule has 1 atom stereocenters. The zero-order valence-corrected chi connectivity index (χ0v) is 16.9. The first kappa shape index (κ1) is 18.9. The van der Waals surface area contributed by atoms with Crippen LogP contribution in [0.2, 0.25) is 0 Å².